The Labute approximate surface area is 147 Å². The third-order valence-electron chi connectivity index (χ3n) is 4.16. The van der Waals surface area contributed by atoms with Crippen LogP contribution in [-0.4, -0.2) is 49.6 Å². The van der Waals surface area contributed by atoms with Gasteiger partial charge in [-0.1, -0.05) is 25.0 Å². The molecule has 8 heteroatoms. The third kappa shape index (κ3) is 6.38. The molecule has 1 aliphatic rings. The number of carbonyl (C=O) groups excluding carboxylic acids is 1. The highest BCUT2D eigenvalue weighted by molar-refractivity contribution is 7.92. The van der Waals surface area contributed by atoms with Crippen molar-refractivity contribution in [3.63, 3.8) is 0 Å². The fourth-order valence-corrected chi connectivity index (χ4v) is 4.60. The molecule has 0 saturated heterocycles. The number of hydrogen-bond acceptors (Lipinski definition) is 5. The summed E-state index contributed by atoms with van der Waals surface area (Å²) in [7, 11) is -3.35. The second-order valence-electron chi connectivity index (χ2n) is 6.14. The van der Waals surface area contributed by atoms with Crippen molar-refractivity contribution in [2.24, 2.45) is 0 Å². The first-order valence-corrected chi connectivity index (χ1v) is 10.00. The quantitative estimate of drug-likeness (QED) is 0.676. The lowest BCUT2D eigenvalue weighted by Crippen LogP contribution is -2.35. The number of nitrogens with one attached hydrogen (secondary N) is 1. The molecule has 0 aliphatic heterocycles. The molecule has 0 aromatic heterocycles. The molecule has 1 amide bonds. The van der Waals surface area contributed by atoms with Crippen LogP contribution < -0.4 is 10.1 Å². The van der Waals surface area contributed by atoms with Crippen molar-refractivity contribution in [3.05, 3.63) is 29.8 Å². The van der Waals surface area contributed by atoms with E-state index in [4.69, 9.17) is 9.84 Å². The summed E-state index contributed by atoms with van der Waals surface area (Å²) in [6, 6.07) is 6.87. The van der Waals surface area contributed by atoms with Crippen molar-refractivity contribution in [2.45, 2.75) is 37.4 Å². The van der Waals surface area contributed by atoms with E-state index in [0.717, 1.165) is 18.4 Å². The van der Waals surface area contributed by atoms with Gasteiger partial charge >= 0.3 is 5.97 Å². The van der Waals surface area contributed by atoms with Gasteiger partial charge in [-0.3, -0.25) is 4.79 Å². The average Bonchev–Trinajstić information content (AvgIpc) is 3.09. The van der Waals surface area contributed by atoms with Gasteiger partial charge in [0.1, 0.15) is 11.5 Å². The monoisotopic (exact) mass is 369 g/mol. The first-order valence-electron chi connectivity index (χ1n) is 8.28. The zero-order valence-electron chi connectivity index (χ0n) is 13.9. The molecule has 1 aliphatic carbocycles. The average molecular weight is 369 g/mol. The summed E-state index contributed by atoms with van der Waals surface area (Å²) in [5.41, 5.74) is 0.932. The van der Waals surface area contributed by atoms with Crippen LogP contribution in [-0.2, 0) is 25.8 Å². The minimum absolute atomic E-state index is 0.342. The number of benzene rings is 1. The van der Waals surface area contributed by atoms with Crippen LogP contribution in [0.2, 0.25) is 0 Å². The number of aliphatic carboxylic acids is 1. The molecular formula is C17H23NO6S. The van der Waals surface area contributed by atoms with Crippen molar-refractivity contribution >= 4 is 21.7 Å². The lowest BCUT2D eigenvalue weighted by Gasteiger charge is -2.11. The molecule has 0 spiro atoms. The van der Waals surface area contributed by atoms with Crippen LogP contribution in [0.25, 0.3) is 0 Å². The number of ether oxygens (including phenoxy) is 1. The second-order valence-corrected chi connectivity index (χ2v) is 8.42. The Kier molecular flexibility index (Phi) is 6.81. The summed E-state index contributed by atoms with van der Waals surface area (Å²) in [5.74, 6) is -1.50. The molecule has 2 N–H and O–H groups in total. The van der Waals surface area contributed by atoms with Crippen molar-refractivity contribution in [3.8, 4) is 5.75 Å². The minimum Gasteiger partial charge on any atom is -0.482 e. The van der Waals surface area contributed by atoms with Crippen LogP contribution in [0, 0.1) is 0 Å². The number of amides is 1. The van der Waals surface area contributed by atoms with E-state index in [1.807, 2.05) is 0 Å². The van der Waals surface area contributed by atoms with E-state index in [9.17, 15) is 18.0 Å². The van der Waals surface area contributed by atoms with E-state index < -0.39 is 34.1 Å². The highest BCUT2D eigenvalue weighted by Gasteiger charge is 2.30. The number of hydrogen-bond donors (Lipinski definition) is 2. The summed E-state index contributed by atoms with van der Waals surface area (Å²) in [5, 5.41) is 10.8. The molecule has 25 heavy (non-hydrogen) atoms. The summed E-state index contributed by atoms with van der Waals surface area (Å²) >= 11 is 0. The van der Waals surface area contributed by atoms with E-state index in [2.05, 4.69) is 5.32 Å². The molecule has 2 rings (SSSR count). The summed E-state index contributed by atoms with van der Waals surface area (Å²) in [6.07, 6.45) is 3.70. The van der Waals surface area contributed by atoms with Crippen LogP contribution in [0.3, 0.4) is 0 Å². The van der Waals surface area contributed by atoms with Gasteiger partial charge in [-0.25, -0.2) is 13.2 Å². The predicted molar refractivity (Wildman–Crippen MR) is 92.3 cm³/mol. The van der Waals surface area contributed by atoms with Crippen LogP contribution in [0.1, 0.15) is 31.2 Å². The van der Waals surface area contributed by atoms with Crippen molar-refractivity contribution < 1.29 is 27.9 Å². The molecule has 138 valence electrons. The van der Waals surface area contributed by atoms with Gasteiger partial charge in [0.05, 0.1) is 5.25 Å². The van der Waals surface area contributed by atoms with Crippen molar-refractivity contribution in [1.82, 2.24) is 5.32 Å². The highest BCUT2D eigenvalue weighted by atomic mass is 32.2. The first kappa shape index (κ1) is 19.2. The van der Waals surface area contributed by atoms with E-state index in [-0.39, 0.29) is 5.25 Å². The highest BCUT2D eigenvalue weighted by Crippen LogP contribution is 2.25. The Bertz CT molecular complexity index is 692. The van der Waals surface area contributed by atoms with E-state index >= 15 is 0 Å². The fraction of sp³-hybridized carbons (Fsp3) is 0.529. The Hall–Kier alpha value is -2.09. The lowest BCUT2D eigenvalue weighted by molar-refractivity contribution is -0.139. The van der Waals surface area contributed by atoms with Crippen molar-refractivity contribution in [2.75, 3.05) is 18.9 Å². The maximum atomic E-state index is 12.1. The number of carboxylic acids is 1. The normalized spacial score (nSPS) is 15.0. The third-order valence-corrected chi connectivity index (χ3v) is 6.32. The lowest BCUT2D eigenvalue weighted by atomic mass is 10.1. The van der Waals surface area contributed by atoms with Gasteiger partial charge < -0.3 is 15.2 Å². The molecular weight excluding hydrogens is 346 g/mol. The number of rotatable bonds is 9. The van der Waals surface area contributed by atoms with E-state index in [0.29, 0.717) is 31.6 Å². The van der Waals surface area contributed by atoms with Crippen LogP contribution >= 0.6 is 0 Å². The number of sulfone groups is 1. The van der Waals surface area contributed by atoms with Gasteiger partial charge in [0.25, 0.3) is 0 Å². The van der Waals surface area contributed by atoms with Gasteiger partial charge in [0.2, 0.25) is 5.91 Å². The van der Waals surface area contributed by atoms with Gasteiger partial charge in [0.15, 0.2) is 16.4 Å². The fourth-order valence-electron chi connectivity index (χ4n) is 2.84. The molecule has 1 aromatic rings. The Morgan fingerprint density at radius 2 is 1.80 bits per heavy atom. The van der Waals surface area contributed by atoms with Crippen LogP contribution in [0.5, 0.6) is 5.75 Å². The molecule has 0 bridgehead atoms. The topological polar surface area (TPSA) is 110 Å². The van der Waals surface area contributed by atoms with E-state index in [1.165, 1.54) is 0 Å². The molecule has 0 heterocycles. The van der Waals surface area contributed by atoms with Crippen LogP contribution in [0.15, 0.2) is 24.3 Å². The Morgan fingerprint density at radius 1 is 1.16 bits per heavy atom. The smallest absolute Gasteiger partial charge is 0.341 e. The predicted octanol–water partition coefficient (Wildman–Crippen LogP) is 1.17. The summed E-state index contributed by atoms with van der Waals surface area (Å²) in [6.45, 7) is -0.0563. The van der Waals surface area contributed by atoms with Crippen molar-refractivity contribution in [1.29, 1.82) is 0 Å². The Balaban J connectivity index is 1.72. The largest absolute Gasteiger partial charge is 0.482 e. The number of carboxylic acid groups (broad SMARTS) is 1. The molecule has 1 aromatic carbocycles. The van der Waals surface area contributed by atoms with Gasteiger partial charge in [0, 0.05) is 6.54 Å². The SMILES string of the molecule is O=C(O)COc1ccc(CCNC(=O)CS(=O)(=O)C2CCCC2)cc1. The molecule has 0 radical (unpaired) electrons. The second kappa shape index (κ2) is 8.84. The van der Waals surface area contributed by atoms with Crippen LogP contribution in [0.4, 0.5) is 0 Å². The zero-order valence-corrected chi connectivity index (χ0v) is 14.8. The minimum atomic E-state index is -3.35. The first-order chi connectivity index (χ1) is 11.9. The molecule has 1 saturated carbocycles. The van der Waals surface area contributed by atoms with Gasteiger partial charge in [-0.2, -0.15) is 0 Å². The Morgan fingerprint density at radius 3 is 2.40 bits per heavy atom. The van der Waals surface area contributed by atoms with Gasteiger partial charge in [-0.05, 0) is 37.0 Å². The van der Waals surface area contributed by atoms with Gasteiger partial charge in [-0.15, -0.1) is 0 Å². The van der Waals surface area contributed by atoms with E-state index in [1.54, 1.807) is 24.3 Å². The molecule has 1 fully saturated rings. The maximum Gasteiger partial charge on any atom is 0.341 e. The summed E-state index contributed by atoms with van der Waals surface area (Å²) < 4.78 is 29.2. The number of carbonyl (C=O) groups is 2. The zero-order chi connectivity index (χ0) is 18.3. The molecule has 7 nitrogen and oxygen atoms in total. The standard InChI is InChI=1S/C17H23NO6S/c19-16(12-25(22,23)15-3-1-2-4-15)18-10-9-13-5-7-14(8-6-13)24-11-17(20)21/h5-8,15H,1-4,9-12H2,(H,18,19)(H,20,21). The maximum absolute atomic E-state index is 12.1. The summed E-state index contributed by atoms with van der Waals surface area (Å²) in [4.78, 5) is 22.3. The molecule has 0 unspecified atom stereocenters. The molecule has 0 atom stereocenters.